The number of Topliss-reactive ketones (excluding diaryl/α,β-unsaturated/α-hetero) is 1. The lowest BCUT2D eigenvalue weighted by atomic mass is 9.96. The van der Waals surface area contributed by atoms with Gasteiger partial charge in [0.15, 0.2) is 5.78 Å². The van der Waals surface area contributed by atoms with Crippen molar-refractivity contribution in [2.75, 3.05) is 13.7 Å². The molecule has 0 bridgehead atoms. The van der Waals surface area contributed by atoms with Crippen molar-refractivity contribution < 1.29 is 14.1 Å². The molecule has 0 aromatic heterocycles. The van der Waals surface area contributed by atoms with Gasteiger partial charge in [-0.3, -0.25) is 4.79 Å². The van der Waals surface area contributed by atoms with Gasteiger partial charge in [0.1, 0.15) is 23.1 Å². The third-order valence-electron chi connectivity index (χ3n) is 3.96. The molecule has 1 fully saturated rings. The highest BCUT2D eigenvalue weighted by atomic mass is 32.2. The normalized spacial score (nSPS) is 22.6. The second-order valence-corrected chi connectivity index (χ2v) is 8.75. The summed E-state index contributed by atoms with van der Waals surface area (Å²) >= 11 is -1.33. The summed E-state index contributed by atoms with van der Waals surface area (Å²) < 4.78 is 19.5. The van der Waals surface area contributed by atoms with Crippen molar-refractivity contribution in [3.63, 3.8) is 0 Å². The zero-order valence-electron chi connectivity index (χ0n) is 14.3. The molecule has 23 heavy (non-hydrogen) atoms. The van der Waals surface area contributed by atoms with E-state index >= 15 is 0 Å². The molecule has 2 atom stereocenters. The van der Waals surface area contributed by atoms with Crippen molar-refractivity contribution in [2.24, 2.45) is 5.73 Å². The molecule has 1 aliphatic heterocycles. The highest BCUT2D eigenvalue weighted by Gasteiger charge is 2.47. The predicted octanol–water partition coefficient (Wildman–Crippen LogP) is 2.23. The van der Waals surface area contributed by atoms with E-state index in [0.717, 1.165) is 16.9 Å². The van der Waals surface area contributed by atoms with Crippen LogP contribution in [0.15, 0.2) is 30.0 Å². The van der Waals surface area contributed by atoms with Crippen LogP contribution < -0.4 is 10.5 Å². The van der Waals surface area contributed by atoms with E-state index in [0.29, 0.717) is 5.57 Å². The summed E-state index contributed by atoms with van der Waals surface area (Å²) in [5.74, 6) is 0.650. The quantitative estimate of drug-likeness (QED) is 0.676. The van der Waals surface area contributed by atoms with Gasteiger partial charge in [-0.1, -0.05) is 12.1 Å². The maximum atomic E-state index is 12.9. The maximum absolute atomic E-state index is 12.9. The predicted molar refractivity (Wildman–Crippen MR) is 92.4 cm³/mol. The summed E-state index contributed by atoms with van der Waals surface area (Å²) in [6.07, 6.45) is 1.34. The topological polar surface area (TPSA) is 78.6 Å². The van der Waals surface area contributed by atoms with Crippen LogP contribution in [0.1, 0.15) is 37.9 Å². The van der Waals surface area contributed by atoms with Crippen LogP contribution in [-0.4, -0.2) is 33.0 Å². The number of hydrogen-bond acceptors (Lipinski definition) is 5. The molecule has 2 rings (SSSR count). The number of ketones is 1. The van der Waals surface area contributed by atoms with E-state index in [1.165, 1.54) is 6.20 Å². The van der Waals surface area contributed by atoms with Crippen LogP contribution >= 0.6 is 0 Å². The van der Waals surface area contributed by atoms with Crippen LogP contribution in [0.5, 0.6) is 5.75 Å². The number of rotatable bonds is 3. The number of hydrogen-bond donors (Lipinski definition) is 1. The second-order valence-electron chi connectivity index (χ2n) is 6.56. The van der Waals surface area contributed by atoms with Gasteiger partial charge in [0.25, 0.3) is 0 Å². The van der Waals surface area contributed by atoms with E-state index in [-0.39, 0.29) is 12.3 Å². The summed E-state index contributed by atoms with van der Waals surface area (Å²) in [6, 6.07) is 5.25. The number of nitrogens with two attached hydrogens (primary N) is 1. The molecule has 1 heterocycles. The largest absolute Gasteiger partial charge is 0.597 e. The van der Waals surface area contributed by atoms with Crippen molar-refractivity contribution >= 4 is 17.1 Å². The molecular formula is C17H24N2O3S. The molecule has 0 aliphatic carbocycles. The first-order valence-corrected chi connectivity index (χ1v) is 8.60. The molecule has 1 aromatic carbocycles. The Kier molecular flexibility index (Phi) is 5.08. The monoisotopic (exact) mass is 336 g/mol. The highest BCUT2D eigenvalue weighted by molar-refractivity contribution is 7.90. The molecule has 0 radical (unpaired) electrons. The van der Waals surface area contributed by atoms with Gasteiger partial charge in [0.05, 0.1) is 7.11 Å². The molecule has 1 saturated heterocycles. The number of ether oxygens (including phenoxy) is 1. The van der Waals surface area contributed by atoms with E-state index in [4.69, 9.17) is 10.5 Å². The van der Waals surface area contributed by atoms with Gasteiger partial charge in [-0.05, 0) is 44.9 Å². The smallest absolute Gasteiger partial charge is 0.181 e. The van der Waals surface area contributed by atoms with E-state index in [1.54, 1.807) is 11.4 Å². The summed E-state index contributed by atoms with van der Waals surface area (Å²) in [5, 5.41) is 0. The van der Waals surface area contributed by atoms with E-state index in [1.807, 2.05) is 45.9 Å². The van der Waals surface area contributed by atoms with E-state index in [2.05, 4.69) is 0 Å². The number of carbonyl (C=O) groups excluding carboxylic acids is 1. The summed E-state index contributed by atoms with van der Waals surface area (Å²) in [6.45, 7) is 7.73. The zero-order valence-corrected chi connectivity index (χ0v) is 15.1. The molecule has 5 nitrogen and oxygen atoms in total. The Hall–Kier alpha value is -1.50. The summed E-state index contributed by atoms with van der Waals surface area (Å²) in [7, 11) is 1.61. The lowest BCUT2D eigenvalue weighted by Gasteiger charge is -2.33. The molecule has 126 valence electrons. The average molecular weight is 336 g/mol. The minimum atomic E-state index is -1.33. The summed E-state index contributed by atoms with van der Waals surface area (Å²) in [4.78, 5) is 12.3. The van der Waals surface area contributed by atoms with Gasteiger partial charge < -0.3 is 15.0 Å². The Morgan fingerprint density at radius 1 is 1.43 bits per heavy atom. The number of methoxy groups -OCH3 is 1. The van der Waals surface area contributed by atoms with Crippen LogP contribution in [0.2, 0.25) is 0 Å². The van der Waals surface area contributed by atoms with Crippen molar-refractivity contribution in [3.8, 4) is 5.75 Å². The standard InChI is InChI=1S/C17H24N2O3S/c1-11-12(7-6-8-15(11)22-5)16-13(9-18)14(20)10-19(16)23(21)17(2,3)4/h6-9,16H,10,18H2,1-5H3/b13-9+/t16-,23?/m1/s1. The fourth-order valence-corrected chi connectivity index (χ4v) is 4.15. The third-order valence-corrected chi connectivity index (χ3v) is 5.77. The first-order chi connectivity index (χ1) is 10.7. The minimum absolute atomic E-state index is 0.0858. The van der Waals surface area contributed by atoms with Crippen molar-refractivity contribution in [2.45, 2.75) is 38.5 Å². The molecule has 0 saturated carbocycles. The van der Waals surface area contributed by atoms with Crippen molar-refractivity contribution in [1.82, 2.24) is 4.31 Å². The fourth-order valence-electron chi connectivity index (χ4n) is 2.79. The zero-order chi connectivity index (χ0) is 17.4. The van der Waals surface area contributed by atoms with Crippen LogP contribution in [0.25, 0.3) is 0 Å². The van der Waals surface area contributed by atoms with Crippen LogP contribution in [0.3, 0.4) is 0 Å². The Labute approximate surface area is 140 Å². The second kappa shape index (κ2) is 6.55. The van der Waals surface area contributed by atoms with Crippen molar-refractivity contribution in [3.05, 3.63) is 41.1 Å². The average Bonchev–Trinajstić information content (AvgIpc) is 2.82. The number of benzene rings is 1. The van der Waals surface area contributed by atoms with Gasteiger partial charge in [-0.25, -0.2) is 0 Å². The maximum Gasteiger partial charge on any atom is 0.181 e. The lowest BCUT2D eigenvalue weighted by Crippen LogP contribution is -2.43. The molecule has 1 aromatic rings. The minimum Gasteiger partial charge on any atom is -0.597 e. The lowest BCUT2D eigenvalue weighted by molar-refractivity contribution is -0.114. The number of nitrogens with zero attached hydrogens (tertiary/aromatic N) is 1. The summed E-state index contributed by atoms with van der Waals surface area (Å²) in [5.41, 5.74) is 8.00. The van der Waals surface area contributed by atoms with Gasteiger partial charge in [-0.15, -0.1) is 4.31 Å². The molecule has 1 unspecified atom stereocenters. The molecular weight excluding hydrogens is 312 g/mol. The Bertz CT molecular complexity index is 637. The molecule has 1 aliphatic rings. The fraction of sp³-hybridized carbons (Fsp3) is 0.471. The first-order valence-electron chi connectivity index (χ1n) is 7.49. The third kappa shape index (κ3) is 3.24. The number of carbonyl (C=O) groups is 1. The Morgan fingerprint density at radius 3 is 2.61 bits per heavy atom. The van der Waals surface area contributed by atoms with Gasteiger partial charge >= 0.3 is 0 Å². The van der Waals surface area contributed by atoms with E-state index in [9.17, 15) is 9.35 Å². The van der Waals surface area contributed by atoms with Crippen molar-refractivity contribution in [1.29, 1.82) is 0 Å². The van der Waals surface area contributed by atoms with Crippen LogP contribution in [0, 0.1) is 6.92 Å². The van der Waals surface area contributed by atoms with Crippen LogP contribution in [0.4, 0.5) is 0 Å². The van der Waals surface area contributed by atoms with E-state index < -0.39 is 22.2 Å². The Balaban J connectivity index is 2.56. The van der Waals surface area contributed by atoms with Gasteiger partial charge in [0.2, 0.25) is 0 Å². The van der Waals surface area contributed by atoms with Gasteiger partial charge in [0, 0.05) is 23.1 Å². The molecule has 0 amide bonds. The van der Waals surface area contributed by atoms with Gasteiger partial charge in [-0.2, -0.15) is 0 Å². The molecule has 6 heteroatoms. The molecule has 2 N–H and O–H groups in total. The SMILES string of the molecule is COc1cccc([C@@H]2/C(=C/N)C(=O)CN2[S+]([O-])C(C)(C)C)c1C. The first kappa shape index (κ1) is 17.8. The molecule has 0 spiro atoms. The van der Waals surface area contributed by atoms with Crippen LogP contribution in [-0.2, 0) is 16.2 Å². The Morgan fingerprint density at radius 2 is 2.09 bits per heavy atom. The highest BCUT2D eigenvalue weighted by Crippen LogP contribution is 2.42.